The van der Waals surface area contributed by atoms with Gasteiger partial charge in [0.15, 0.2) is 0 Å². The second kappa shape index (κ2) is 4.56. The predicted octanol–water partition coefficient (Wildman–Crippen LogP) is 2.91. The molecule has 1 aromatic carbocycles. The number of hydrogen-bond acceptors (Lipinski definition) is 2. The lowest BCUT2D eigenvalue weighted by atomic mass is 9.86. The molecule has 0 fully saturated rings. The molecule has 0 aliphatic carbocycles. The molecule has 1 atom stereocenters. The summed E-state index contributed by atoms with van der Waals surface area (Å²) in [5, 5.41) is 12.3. The number of anilines is 1. The van der Waals surface area contributed by atoms with Crippen LogP contribution in [0.2, 0.25) is 0 Å². The molecule has 3 nitrogen and oxygen atoms in total. The highest BCUT2D eigenvalue weighted by molar-refractivity contribution is 5.78. The molecule has 0 aliphatic heterocycles. The first-order valence-electron chi connectivity index (χ1n) is 5.37. The zero-order valence-corrected chi connectivity index (χ0v) is 10.2. The molecule has 0 saturated carbocycles. The van der Waals surface area contributed by atoms with Gasteiger partial charge in [0.1, 0.15) is 6.04 Å². The van der Waals surface area contributed by atoms with Gasteiger partial charge in [0, 0.05) is 5.69 Å². The smallest absolute Gasteiger partial charge is 0.326 e. The number of nitrogens with one attached hydrogen (secondary N) is 1. The fraction of sp³-hybridized carbons (Fsp3) is 0.462. The van der Waals surface area contributed by atoms with Crippen molar-refractivity contribution in [2.24, 2.45) is 5.41 Å². The highest BCUT2D eigenvalue weighted by Gasteiger charge is 2.31. The zero-order valence-electron chi connectivity index (χ0n) is 10.2. The molecule has 0 spiro atoms. The fourth-order valence-electron chi connectivity index (χ4n) is 1.54. The molecule has 1 unspecified atom stereocenters. The second-order valence-corrected chi connectivity index (χ2v) is 5.10. The van der Waals surface area contributed by atoms with Crippen molar-refractivity contribution in [2.75, 3.05) is 5.32 Å². The van der Waals surface area contributed by atoms with E-state index in [-0.39, 0.29) is 5.41 Å². The van der Waals surface area contributed by atoms with Gasteiger partial charge in [-0.25, -0.2) is 4.79 Å². The van der Waals surface area contributed by atoms with Crippen LogP contribution in [0.1, 0.15) is 26.3 Å². The molecule has 0 amide bonds. The Hall–Kier alpha value is -1.51. The van der Waals surface area contributed by atoms with Crippen LogP contribution >= 0.6 is 0 Å². The van der Waals surface area contributed by atoms with Crippen LogP contribution in [0.3, 0.4) is 0 Å². The first kappa shape index (κ1) is 12.6. The zero-order chi connectivity index (χ0) is 12.3. The van der Waals surface area contributed by atoms with Gasteiger partial charge in [-0.15, -0.1) is 0 Å². The van der Waals surface area contributed by atoms with E-state index in [0.29, 0.717) is 0 Å². The van der Waals surface area contributed by atoms with Crippen molar-refractivity contribution >= 4 is 11.7 Å². The van der Waals surface area contributed by atoms with Crippen molar-refractivity contribution in [3.05, 3.63) is 29.8 Å². The molecule has 16 heavy (non-hydrogen) atoms. The van der Waals surface area contributed by atoms with E-state index < -0.39 is 12.0 Å². The Balaban J connectivity index is 2.94. The quantitative estimate of drug-likeness (QED) is 0.825. The fourth-order valence-corrected chi connectivity index (χ4v) is 1.54. The summed E-state index contributed by atoms with van der Waals surface area (Å²) in [6.07, 6.45) is 0. The van der Waals surface area contributed by atoms with Gasteiger partial charge in [-0.3, -0.25) is 0 Å². The lowest BCUT2D eigenvalue weighted by Gasteiger charge is -2.29. The third-order valence-corrected chi connectivity index (χ3v) is 2.56. The molecule has 1 rings (SSSR count). The third-order valence-electron chi connectivity index (χ3n) is 2.56. The van der Waals surface area contributed by atoms with E-state index in [2.05, 4.69) is 5.32 Å². The first-order valence-corrected chi connectivity index (χ1v) is 5.37. The van der Waals surface area contributed by atoms with Gasteiger partial charge in [-0.2, -0.15) is 0 Å². The number of benzene rings is 1. The average Bonchev–Trinajstić information content (AvgIpc) is 2.14. The molecule has 2 N–H and O–H groups in total. The summed E-state index contributed by atoms with van der Waals surface area (Å²) in [5.74, 6) is -0.823. The molecular weight excluding hydrogens is 202 g/mol. The molecule has 0 aliphatic rings. The number of hydrogen-bond donors (Lipinski definition) is 2. The number of carboxylic acids is 1. The van der Waals surface area contributed by atoms with Gasteiger partial charge < -0.3 is 10.4 Å². The van der Waals surface area contributed by atoms with E-state index >= 15 is 0 Å². The maximum absolute atomic E-state index is 11.2. The monoisotopic (exact) mass is 221 g/mol. The van der Waals surface area contributed by atoms with Gasteiger partial charge in [0.05, 0.1) is 0 Å². The normalized spacial score (nSPS) is 13.2. The van der Waals surface area contributed by atoms with E-state index in [0.717, 1.165) is 11.3 Å². The summed E-state index contributed by atoms with van der Waals surface area (Å²) in [6, 6.07) is 7.11. The first-order chi connectivity index (χ1) is 7.32. The van der Waals surface area contributed by atoms with E-state index in [1.807, 2.05) is 52.0 Å². The van der Waals surface area contributed by atoms with Gasteiger partial charge in [-0.1, -0.05) is 39.0 Å². The molecule has 0 heterocycles. The van der Waals surface area contributed by atoms with Crippen LogP contribution in [-0.4, -0.2) is 17.1 Å². The van der Waals surface area contributed by atoms with Crippen LogP contribution in [0, 0.1) is 12.3 Å². The summed E-state index contributed by atoms with van der Waals surface area (Å²) < 4.78 is 0. The van der Waals surface area contributed by atoms with Crippen LogP contribution in [0.25, 0.3) is 0 Å². The SMILES string of the molecule is Cc1ccccc1NC(C(=O)O)C(C)(C)C. The molecule has 0 bridgehead atoms. The molecule has 0 radical (unpaired) electrons. The minimum atomic E-state index is -0.823. The van der Waals surface area contributed by atoms with Gasteiger partial charge >= 0.3 is 5.97 Å². The minimum absolute atomic E-state index is 0.325. The molecule has 1 aromatic rings. The lowest BCUT2D eigenvalue weighted by molar-refractivity contribution is -0.140. The van der Waals surface area contributed by atoms with Crippen molar-refractivity contribution in [3.8, 4) is 0 Å². The van der Waals surface area contributed by atoms with Crippen molar-refractivity contribution in [2.45, 2.75) is 33.7 Å². The van der Waals surface area contributed by atoms with Crippen molar-refractivity contribution in [1.29, 1.82) is 0 Å². The van der Waals surface area contributed by atoms with Crippen molar-refractivity contribution < 1.29 is 9.90 Å². The van der Waals surface area contributed by atoms with E-state index in [9.17, 15) is 9.90 Å². The van der Waals surface area contributed by atoms with Crippen LogP contribution < -0.4 is 5.32 Å². The van der Waals surface area contributed by atoms with E-state index in [4.69, 9.17) is 0 Å². The maximum Gasteiger partial charge on any atom is 0.326 e. The van der Waals surface area contributed by atoms with Crippen LogP contribution in [-0.2, 0) is 4.79 Å². The highest BCUT2D eigenvalue weighted by Crippen LogP contribution is 2.24. The average molecular weight is 221 g/mol. The van der Waals surface area contributed by atoms with Gasteiger partial charge in [0.25, 0.3) is 0 Å². The molecule has 0 saturated heterocycles. The summed E-state index contributed by atoms with van der Waals surface area (Å²) in [7, 11) is 0. The Morgan fingerprint density at radius 3 is 2.31 bits per heavy atom. The molecule has 88 valence electrons. The summed E-state index contributed by atoms with van der Waals surface area (Å²) in [5.41, 5.74) is 1.61. The Labute approximate surface area is 96.5 Å². The second-order valence-electron chi connectivity index (χ2n) is 5.10. The van der Waals surface area contributed by atoms with Crippen LogP contribution in [0.4, 0.5) is 5.69 Å². The lowest BCUT2D eigenvalue weighted by Crippen LogP contribution is -2.41. The highest BCUT2D eigenvalue weighted by atomic mass is 16.4. The number of carbonyl (C=O) groups is 1. The molecule has 0 aromatic heterocycles. The molecule has 3 heteroatoms. The number of para-hydroxylation sites is 1. The maximum atomic E-state index is 11.2. The number of aliphatic carboxylic acids is 1. The summed E-state index contributed by atoms with van der Waals surface area (Å²) >= 11 is 0. The summed E-state index contributed by atoms with van der Waals surface area (Å²) in [6.45, 7) is 7.70. The largest absolute Gasteiger partial charge is 0.480 e. The Morgan fingerprint density at radius 1 is 1.31 bits per heavy atom. The summed E-state index contributed by atoms with van der Waals surface area (Å²) in [4.78, 5) is 11.2. The van der Waals surface area contributed by atoms with Crippen molar-refractivity contribution in [1.82, 2.24) is 0 Å². The minimum Gasteiger partial charge on any atom is -0.480 e. The Kier molecular flexibility index (Phi) is 3.58. The predicted molar refractivity (Wildman–Crippen MR) is 65.7 cm³/mol. The van der Waals surface area contributed by atoms with Gasteiger partial charge in [0.2, 0.25) is 0 Å². The van der Waals surface area contributed by atoms with Crippen LogP contribution in [0.15, 0.2) is 24.3 Å². The Morgan fingerprint density at radius 2 is 1.88 bits per heavy atom. The van der Waals surface area contributed by atoms with E-state index in [1.165, 1.54) is 0 Å². The third kappa shape index (κ3) is 2.99. The number of rotatable bonds is 3. The molecular formula is C13H19NO2. The standard InChI is InChI=1S/C13H19NO2/c1-9-7-5-6-8-10(9)14-11(12(15)16)13(2,3)4/h5-8,11,14H,1-4H3,(H,15,16). The Bertz CT molecular complexity index is 380. The van der Waals surface area contributed by atoms with Gasteiger partial charge in [-0.05, 0) is 24.0 Å². The topological polar surface area (TPSA) is 49.3 Å². The van der Waals surface area contributed by atoms with E-state index in [1.54, 1.807) is 0 Å². The van der Waals surface area contributed by atoms with Crippen LogP contribution in [0.5, 0.6) is 0 Å². The number of carboxylic acid groups (broad SMARTS) is 1. The number of aryl methyl sites for hydroxylation is 1. The van der Waals surface area contributed by atoms with Crippen molar-refractivity contribution in [3.63, 3.8) is 0 Å².